The lowest BCUT2D eigenvalue weighted by molar-refractivity contribution is -0.142. The van der Waals surface area contributed by atoms with Crippen molar-refractivity contribution in [2.75, 3.05) is 0 Å². The molecular weight excluding hydrogens is 570 g/mol. The first-order valence-corrected chi connectivity index (χ1v) is 12.1. The number of aromatic nitrogens is 2. The number of nitrogens with two attached hydrogens (primary N) is 1. The Balaban J connectivity index is 0.000000290. The zero-order valence-electron chi connectivity index (χ0n) is 21.9. The third-order valence-corrected chi connectivity index (χ3v) is 5.61. The van der Waals surface area contributed by atoms with Crippen LogP contribution in [0, 0.1) is 0 Å². The van der Waals surface area contributed by atoms with E-state index in [-0.39, 0.29) is 42.4 Å². The lowest BCUT2D eigenvalue weighted by Gasteiger charge is -2.36. The van der Waals surface area contributed by atoms with Crippen molar-refractivity contribution in [3.8, 4) is 11.5 Å². The van der Waals surface area contributed by atoms with Gasteiger partial charge in [-0.15, -0.1) is 12.4 Å². The Hall–Kier alpha value is -3.00. The summed E-state index contributed by atoms with van der Waals surface area (Å²) >= 11 is 0. The van der Waals surface area contributed by atoms with Gasteiger partial charge < -0.3 is 25.3 Å². The van der Waals surface area contributed by atoms with Crippen molar-refractivity contribution in [1.82, 2.24) is 15.3 Å². The first-order chi connectivity index (χ1) is 18.0. The minimum absolute atomic E-state index is 0. The first kappa shape index (κ1) is 33.2. The highest BCUT2D eigenvalue weighted by molar-refractivity contribution is 5.85. The van der Waals surface area contributed by atoms with Crippen molar-refractivity contribution in [2.45, 2.75) is 88.7 Å². The molecule has 4 rings (SSSR count). The Morgan fingerprint density at radius 3 is 1.57 bits per heavy atom. The number of carbonyl (C=O) groups is 1. The van der Waals surface area contributed by atoms with Gasteiger partial charge in [0.25, 0.3) is 0 Å². The van der Waals surface area contributed by atoms with Crippen LogP contribution in [-0.2, 0) is 17.1 Å². The molecule has 8 nitrogen and oxygen atoms in total. The number of amides is 1. The van der Waals surface area contributed by atoms with E-state index < -0.39 is 35.4 Å². The number of pyridine rings is 2. The van der Waals surface area contributed by atoms with Gasteiger partial charge in [-0.2, -0.15) is 26.3 Å². The molecule has 224 valence electrons. The molecule has 2 aromatic heterocycles. The second kappa shape index (κ2) is 13.1. The summed E-state index contributed by atoms with van der Waals surface area (Å²) < 4.78 is 89.8. The van der Waals surface area contributed by atoms with Crippen molar-refractivity contribution in [1.29, 1.82) is 0 Å². The molecule has 3 N–H and O–H groups in total. The minimum Gasteiger partial charge on any atom is -0.489 e. The summed E-state index contributed by atoms with van der Waals surface area (Å²) in [5.41, 5.74) is 3.13. The smallest absolute Gasteiger partial charge is 0.433 e. The maximum atomic E-state index is 12.4. The molecule has 2 aromatic rings. The summed E-state index contributed by atoms with van der Waals surface area (Å²) in [5, 5.41) is 2.71. The van der Waals surface area contributed by atoms with Crippen molar-refractivity contribution in [3.63, 3.8) is 0 Å². The topological polar surface area (TPSA) is 109 Å². The van der Waals surface area contributed by atoms with Gasteiger partial charge in [0.15, 0.2) is 0 Å². The Morgan fingerprint density at radius 1 is 0.825 bits per heavy atom. The number of rotatable bonds is 5. The molecule has 2 heterocycles. The zero-order valence-corrected chi connectivity index (χ0v) is 22.7. The lowest BCUT2D eigenvalue weighted by atomic mass is 9.89. The van der Waals surface area contributed by atoms with Gasteiger partial charge in [-0.1, -0.05) is 0 Å². The van der Waals surface area contributed by atoms with Gasteiger partial charge >= 0.3 is 18.4 Å². The number of ether oxygens (including phenoxy) is 3. The third-order valence-electron chi connectivity index (χ3n) is 5.61. The molecule has 0 spiro atoms. The van der Waals surface area contributed by atoms with Crippen LogP contribution >= 0.6 is 12.4 Å². The van der Waals surface area contributed by atoms with E-state index in [0.717, 1.165) is 37.4 Å². The molecule has 40 heavy (non-hydrogen) atoms. The second-order valence-electron chi connectivity index (χ2n) is 10.3. The van der Waals surface area contributed by atoms with E-state index in [1.807, 2.05) is 0 Å². The van der Waals surface area contributed by atoms with Crippen molar-refractivity contribution in [2.24, 2.45) is 5.73 Å². The van der Waals surface area contributed by atoms with E-state index in [1.54, 1.807) is 20.8 Å². The molecule has 0 bridgehead atoms. The number of hydrogen-bond acceptors (Lipinski definition) is 7. The molecule has 2 fully saturated rings. The number of carbonyl (C=O) groups excluding carboxylic acids is 1. The molecule has 15 heteroatoms. The number of nitrogens with zero attached hydrogens (tertiary/aromatic N) is 2. The molecule has 0 unspecified atom stereocenters. The number of alkyl halides is 6. The third kappa shape index (κ3) is 10.5. The van der Waals surface area contributed by atoms with Crippen molar-refractivity contribution < 1.29 is 45.3 Å². The fraction of sp³-hybridized carbons (Fsp3) is 0.560. The maximum absolute atomic E-state index is 12.4. The first-order valence-electron chi connectivity index (χ1n) is 12.1. The summed E-state index contributed by atoms with van der Waals surface area (Å²) in [5.74, 6) is 0.628. The van der Waals surface area contributed by atoms with Gasteiger partial charge in [-0.3, -0.25) is 0 Å². The Bertz CT molecular complexity index is 1080. The van der Waals surface area contributed by atoms with Crippen molar-refractivity contribution in [3.05, 3.63) is 48.0 Å². The van der Waals surface area contributed by atoms with Gasteiger partial charge in [0, 0.05) is 24.9 Å². The molecular formula is C25H31ClF6N4O4. The van der Waals surface area contributed by atoms with E-state index in [9.17, 15) is 31.1 Å². The molecule has 0 aromatic carbocycles. The van der Waals surface area contributed by atoms with Crippen LogP contribution in [0.15, 0.2) is 36.7 Å². The molecule has 0 atom stereocenters. The van der Waals surface area contributed by atoms with Gasteiger partial charge in [0.1, 0.15) is 40.7 Å². The summed E-state index contributed by atoms with van der Waals surface area (Å²) in [7, 11) is 0. The number of hydrogen-bond donors (Lipinski definition) is 2. The van der Waals surface area contributed by atoms with Gasteiger partial charge in [-0.05, 0) is 57.9 Å². The predicted octanol–water partition coefficient (Wildman–Crippen LogP) is 5.93. The second-order valence-corrected chi connectivity index (χ2v) is 10.3. The molecule has 2 saturated carbocycles. The standard InChI is InChI=1S/C15H19F3N2O3.C10H11F3N2O.ClH/c1-14(2,3)23-13(21)20-9-6-11(7-9)22-10-4-5-12(19-8-10)15(16,17)18;11-10(12,13)9-2-1-7(5-15-9)16-8-3-6(14)4-8;/h4-5,8-9,11H,6-7H2,1-3H3,(H,20,21);1-2,5-6,8H,3-4,14H2;1H. The minimum atomic E-state index is -4.46. The number of nitrogens with one attached hydrogen (secondary N) is 1. The van der Waals surface area contributed by atoms with Gasteiger partial charge in [0.2, 0.25) is 0 Å². The van der Waals surface area contributed by atoms with Crippen LogP contribution in [0.2, 0.25) is 0 Å². The van der Waals surface area contributed by atoms with Crippen LogP contribution in [0.1, 0.15) is 57.8 Å². The predicted molar refractivity (Wildman–Crippen MR) is 134 cm³/mol. The van der Waals surface area contributed by atoms with Crippen LogP contribution in [0.4, 0.5) is 31.1 Å². The van der Waals surface area contributed by atoms with Gasteiger partial charge in [-0.25, -0.2) is 14.8 Å². The monoisotopic (exact) mass is 600 g/mol. The Morgan fingerprint density at radius 2 is 1.25 bits per heavy atom. The fourth-order valence-electron chi connectivity index (χ4n) is 3.58. The summed E-state index contributed by atoms with van der Waals surface area (Å²) in [4.78, 5) is 18.2. The highest BCUT2D eigenvalue weighted by atomic mass is 35.5. The van der Waals surface area contributed by atoms with Crippen LogP contribution in [0.3, 0.4) is 0 Å². The van der Waals surface area contributed by atoms with E-state index >= 15 is 0 Å². The highest BCUT2D eigenvalue weighted by Gasteiger charge is 2.35. The zero-order chi connectivity index (χ0) is 29.0. The largest absolute Gasteiger partial charge is 0.489 e. The molecule has 2 aliphatic rings. The van der Waals surface area contributed by atoms with E-state index in [1.165, 1.54) is 12.1 Å². The quantitative estimate of drug-likeness (QED) is 0.410. The summed E-state index contributed by atoms with van der Waals surface area (Å²) in [6, 6.07) is 4.40. The molecule has 0 saturated heterocycles. The Labute approximate surface area is 233 Å². The normalized spacial score (nSPS) is 22.2. The average Bonchev–Trinajstić information content (AvgIpc) is 2.75. The van der Waals surface area contributed by atoms with E-state index in [4.69, 9.17) is 19.9 Å². The number of alkyl carbamates (subject to hydrolysis) is 1. The summed E-state index contributed by atoms with van der Waals surface area (Å²) in [6.07, 6.45) is -4.75. The van der Waals surface area contributed by atoms with E-state index in [0.29, 0.717) is 18.6 Å². The lowest BCUT2D eigenvalue weighted by Crippen LogP contribution is -2.50. The Kier molecular flexibility index (Phi) is 10.9. The van der Waals surface area contributed by atoms with Crippen LogP contribution < -0.4 is 20.5 Å². The highest BCUT2D eigenvalue weighted by Crippen LogP contribution is 2.31. The van der Waals surface area contributed by atoms with Crippen LogP contribution in [-0.4, -0.2) is 46.0 Å². The van der Waals surface area contributed by atoms with E-state index in [2.05, 4.69) is 15.3 Å². The summed E-state index contributed by atoms with van der Waals surface area (Å²) in [6.45, 7) is 5.32. The fourth-order valence-corrected chi connectivity index (χ4v) is 3.58. The van der Waals surface area contributed by atoms with Gasteiger partial charge in [0.05, 0.1) is 12.4 Å². The van der Waals surface area contributed by atoms with Crippen LogP contribution in [0.25, 0.3) is 0 Å². The molecule has 0 radical (unpaired) electrons. The van der Waals surface area contributed by atoms with Crippen molar-refractivity contribution >= 4 is 18.5 Å². The SMILES string of the molecule is CC(C)(C)OC(=O)NC1CC(Oc2ccc(C(F)(F)F)nc2)C1.Cl.NC1CC(Oc2ccc(C(F)(F)F)nc2)C1. The molecule has 2 aliphatic carbocycles. The average molecular weight is 601 g/mol. The van der Waals surface area contributed by atoms with Crippen LogP contribution in [0.5, 0.6) is 11.5 Å². The molecule has 0 aliphatic heterocycles. The molecule has 1 amide bonds. The maximum Gasteiger partial charge on any atom is 0.433 e. The number of halogens is 7.